The molecule has 6 atom stereocenters. The number of carbonyl (C=O) groups excluding carboxylic acids is 5. The largest absolute Gasteiger partial charge is 0.480 e. The Morgan fingerprint density at radius 1 is 0.516 bits per heavy atom. The zero-order valence-corrected chi connectivity index (χ0v) is 18.4. The van der Waals surface area contributed by atoms with Crippen LogP contribution in [0.2, 0.25) is 0 Å². The van der Waals surface area contributed by atoms with Crippen molar-refractivity contribution in [2.45, 2.75) is 77.8 Å². The molecule has 0 bridgehead atoms. The van der Waals surface area contributed by atoms with Crippen LogP contribution in [0.15, 0.2) is 0 Å². The molecule has 5 amide bonds. The summed E-state index contributed by atoms with van der Waals surface area (Å²) in [6.07, 6.45) is 0. The summed E-state index contributed by atoms with van der Waals surface area (Å²) in [7, 11) is 0. The van der Waals surface area contributed by atoms with Gasteiger partial charge in [-0.25, -0.2) is 0 Å². The van der Waals surface area contributed by atoms with E-state index in [2.05, 4.69) is 26.6 Å². The van der Waals surface area contributed by atoms with E-state index >= 15 is 0 Å². The highest BCUT2D eigenvalue weighted by Gasteiger charge is 2.26. The number of aliphatic carboxylic acids is 1. The van der Waals surface area contributed by atoms with Gasteiger partial charge in [0.15, 0.2) is 0 Å². The van der Waals surface area contributed by atoms with Gasteiger partial charge in [0.25, 0.3) is 0 Å². The Labute approximate surface area is 180 Å². The predicted molar refractivity (Wildman–Crippen MR) is 109 cm³/mol. The fourth-order valence-corrected chi connectivity index (χ4v) is 2.02. The summed E-state index contributed by atoms with van der Waals surface area (Å²) in [6.45, 7) is 8.28. The number of amides is 5. The van der Waals surface area contributed by atoms with Gasteiger partial charge in [-0.2, -0.15) is 0 Å². The Kier molecular flexibility index (Phi) is 11.2. The van der Waals surface area contributed by atoms with E-state index in [1.165, 1.54) is 41.5 Å². The van der Waals surface area contributed by atoms with Crippen molar-refractivity contribution in [2.24, 2.45) is 5.73 Å². The lowest BCUT2D eigenvalue weighted by Crippen LogP contribution is -2.57. The summed E-state index contributed by atoms with van der Waals surface area (Å²) in [5.41, 5.74) is 5.41. The molecule has 13 heteroatoms. The van der Waals surface area contributed by atoms with Crippen LogP contribution in [0.4, 0.5) is 0 Å². The van der Waals surface area contributed by atoms with Crippen LogP contribution in [0.1, 0.15) is 41.5 Å². The van der Waals surface area contributed by atoms with E-state index in [1.54, 1.807) is 0 Å². The number of nitrogens with two attached hydrogens (primary N) is 1. The van der Waals surface area contributed by atoms with E-state index < -0.39 is 71.8 Å². The Hall–Kier alpha value is -3.22. The standard InChI is InChI=1S/C18H32N6O7/c1-7(19)13(25)20-8(2)14(26)21-9(3)15(27)22-10(4)16(28)23-11(5)17(29)24-12(6)18(30)31/h7-12H,19H2,1-6H3,(H,20,25)(H,21,26)(H,22,27)(H,23,28)(H,24,29)(H,30,31)/t7?,8?,9-,10?,11-,12?/m0/s1. The van der Waals surface area contributed by atoms with Gasteiger partial charge in [-0.3, -0.25) is 28.8 Å². The molecule has 13 nitrogen and oxygen atoms in total. The van der Waals surface area contributed by atoms with E-state index in [9.17, 15) is 28.8 Å². The Bertz CT molecular complexity index is 712. The molecule has 0 fully saturated rings. The molecule has 0 heterocycles. The van der Waals surface area contributed by atoms with Gasteiger partial charge >= 0.3 is 5.97 Å². The van der Waals surface area contributed by atoms with Crippen LogP contribution < -0.4 is 32.3 Å². The molecule has 0 aromatic rings. The highest BCUT2D eigenvalue weighted by Crippen LogP contribution is 1.93. The number of hydrogen-bond acceptors (Lipinski definition) is 7. The van der Waals surface area contributed by atoms with E-state index in [-0.39, 0.29) is 0 Å². The maximum Gasteiger partial charge on any atom is 0.325 e. The van der Waals surface area contributed by atoms with Crippen molar-refractivity contribution in [1.29, 1.82) is 0 Å². The summed E-state index contributed by atoms with van der Waals surface area (Å²) in [5.74, 6) is -4.43. The molecule has 0 spiro atoms. The molecular weight excluding hydrogens is 412 g/mol. The smallest absolute Gasteiger partial charge is 0.325 e. The second-order valence-electron chi connectivity index (χ2n) is 7.28. The third-order valence-electron chi connectivity index (χ3n) is 4.15. The zero-order chi connectivity index (χ0) is 24.5. The fourth-order valence-electron chi connectivity index (χ4n) is 2.02. The van der Waals surface area contributed by atoms with Crippen LogP contribution in [-0.4, -0.2) is 76.9 Å². The number of nitrogens with one attached hydrogen (secondary N) is 5. The maximum absolute atomic E-state index is 12.2. The highest BCUT2D eigenvalue weighted by atomic mass is 16.4. The zero-order valence-electron chi connectivity index (χ0n) is 18.4. The fraction of sp³-hybridized carbons (Fsp3) is 0.667. The van der Waals surface area contributed by atoms with Gasteiger partial charge in [0.2, 0.25) is 29.5 Å². The molecular formula is C18H32N6O7. The lowest BCUT2D eigenvalue weighted by Gasteiger charge is -2.22. The molecule has 0 saturated carbocycles. The molecule has 0 aliphatic carbocycles. The normalized spacial score (nSPS) is 16.4. The van der Waals surface area contributed by atoms with Gasteiger partial charge in [0.1, 0.15) is 30.2 Å². The first-order chi connectivity index (χ1) is 14.2. The van der Waals surface area contributed by atoms with Crippen molar-refractivity contribution < 1.29 is 33.9 Å². The first-order valence-electron chi connectivity index (χ1n) is 9.67. The van der Waals surface area contributed by atoms with Crippen molar-refractivity contribution in [2.75, 3.05) is 0 Å². The van der Waals surface area contributed by atoms with Crippen LogP contribution in [0.25, 0.3) is 0 Å². The summed E-state index contributed by atoms with van der Waals surface area (Å²) in [6, 6.07) is -5.97. The van der Waals surface area contributed by atoms with E-state index in [0.717, 1.165) is 0 Å². The molecule has 0 aromatic carbocycles. The average molecular weight is 444 g/mol. The van der Waals surface area contributed by atoms with Crippen LogP contribution in [0, 0.1) is 0 Å². The second-order valence-corrected chi connectivity index (χ2v) is 7.28. The van der Waals surface area contributed by atoms with Gasteiger partial charge in [0, 0.05) is 0 Å². The van der Waals surface area contributed by atoms with Gasteiger partial charge in [0.05, 0.1) is 6.04 Å². The number of carbonyl (C=O) groups is 6. The number of hydrogen-bond donors (Lipinski definition) is 7. The Balaban J connectivity index is 4.63. The van der Waals surface area contributed by atoms with Crippen molar-refractivity contribution >= 4 is 35.5 Å². The summed E-state index contributed by atoms with van der Waals surface area (Å²) in [4.78, 5) is 70.7. The minimum absolute atomic E-state index is 0.527. The lowest BCUT2D eigenvalue weighted by atomic mass is 10.2. The molecule has 31 heavy (non-hydrogen) atoms. The number of rotatable bonds is 11. The van der Waals surface area contributed by atoms with Gasteiger partial charge in [-0.1, -0.05) is 0 Å². The topological polar surface area (TPSA) is 209 Å². The molecule has 176 valence electrons. The molecule has 8 N–H and O–H groups in total. The molecule has 0 aromatic heterocycles. The van der Waals surface area contributed by atoms with Crippen LogP contribution >= 0.6 is 0 Å². The number of carboxylic acid groups (broad SMARTS) is 1. The van der Waals surface area contributed by atoms with Gasteiger partial charge < -0.3 is 37.4 Å². The lowest BCUT2D eigenvalue weighted by molar-refractivity contribution is -0.141. The van der Waals surface area contributed by atoms with Gasteiger partial charge in [-0.05, 0) is 41.5 Å². The van der Waals surface area contributed by atoms with Gasteiger partial charge in [-0.15, -0.1) is 0 Å². The summed E-state index contributed by atoms with van der Waals surface area (Å²) >= 11 is 0. The molecule has 0 saturated heterocycles. The predicted octanol–water partition coefficient (Wildman–Crippen LogP) is -3.06. The quantitative estimate of drug-likeness (QED) is 0.173. The van der Waals surface area contributed by atoms with Crippen LogP contribution in [0.5, 0.6) is 0 Å². The third kappa shape index (κ3) is 9.89. The first kappa shape index (κ1) is 27.8. The Morgan fingerprint density at radius 3 is 0.968 bits per heavy atom. The SMILES string of the molecule is CC(N)C(=O)NC(C)C(=O)N[C@@H](C)C(=O)NC(C)C(=O)N[C@@H](C)C(=O)NC(C)C(=O)O. The maximum atomic E-state index is 12.2. The minimum atomic E-state index is -1.23. The number of carboxylic acids is 1. The second kappa shape index (κ2) is 12.5. The molecule has 0 aliphatic heterocycles. The minimum Gasteiger partial charge on any atom is -0.480 e. The summed E-state index contributed by atoms with van der Waals surface area (Å²) in [5, 5.41) is 20.5. The third-order valence-corrected chi connectivity index (χ3v) is 4.15. The molecule has 0 radical (unpaired) electrons. The summed E-state index contributed by atoms with van der Waals surface area (Å²) < 4.78 is 0. The molecule has 0 aliphatic rings. The highest BCUT2D eigenvalue weighted by molar-refractivity contribution is 5.95. The van der Waals surface area contributed by atoms with E-state index in [1.807, 2.05) is 0 Å². The van der Waals surface area contributed by atoms with Crippen molar-refractivity contribution in [1.82, 2.24) is 26.6 Å². The first-order valence-corrected chi connectivity index (χ1v) is 9.67. The van der Waals surface area contributed by atoms with Crippen molar-refractivity contribution in [3.63, 3.8) is 0 Å². The molecule has 0 rings (SSSR count). The monoisotopic (exact) mass is 444 g/mol. The van der Waals surface area contributed by atoms with Crippen molar-refractivity contribution in [3.8, 4) is 0 Å². The average Bonchev–Trinajstić information content (AvgIpc) is 2.66. The molecule has 4 unspecified atom stereocenters. The Morgan fingerprint density at radius 2 is 0.742 bits per heavy atom. The van der Waals surface area contributed by atoms with Crippen LogP contribution in [0.3, 0.4) is 0 Å². The van der Waals surface area contributed by atoms with Crippen LogP contribution in [-0.2, 0) is 28.8 Å². The van der Waals surface area contributed by atoms with E-state index in [4.69, 9.17) is 10.8 Å². The van der Waals surface area contributed by atoms with Crippen molar-refractivity contribution in [3.05, 3.63) is 0 Å². The van der Waals surface area contributed by atoms with E-state index in [0.29, 0.717) is 0 Å².